The van der Waals surface area contributed by atoms with E-state index in [0.717, 1.165) is 17.7 Å². The second kappa shape index (κ2) is 4.71. The number of carbonyl (C=O) groups is 1. The maximum Gasteiger partial charge on any atom is 0.251 e. The molecule has 0 bridgehead atoms. The number of nitrogens with one attached hydrogen (secondary N) is 1. The summed E-state index contributed by atoms with van der Waals surface area (Å²) in [7, 11) is 0. The van der Waals surface area contributed by atoms with Gasteiger partial charge in [0.1, 0.15) is 5.75 Å². The van der Waals surface area contributed by atoms with E-state index in [2.05, 4.69) is 5.32 Å². The molecule has 3 N–H and O–H groups in total. The van der Waals surface area contributed by atoms with Gasteiger partial charge < -0.3 is 15.8 Å². The molecule has 0 spiro atoms. The molecule has 0 saturated heterocycles. The van der Waals surface area contributed by atoms with Crippen molar-refractivity contribution >= 4 is 23.1 Å². The summed E-state index contributed by atoms with van der Waals surface area (Å²) in [5.41, 5.74) is 7.13. The fourth-order valence-electron chi connectivity index (χ4n) is 1.68. The predicted molar refractivity (Wildman–Crippen MR) is 69.4 cm³/mol. The zero-order chi connectivity index (χ0) is 12.4. The van der Waals surface area contributed by atoms with Gasteiger partial charge in [0.05, 0.1) is 17.6 Å². The lowest BCUT2D eigenvalue weighted by molar-refractivity contribution is 0.0949. The molecule has 5 heteroatoms. The Labute approximate surface area is 105 Å². The van der Waals surface area contributed by atoms with E-state index in [1.165, 1.54) is 0 Å². The fraction of sp³-hybridized carbons (Fsp3) is 0.333. The molecule has 1 unspecified atom stereocenters. The van der Waals surface area contributed by atoms with Gasteiger partial charge in [0.25, 0.3) is 5.91 Å². The number of hydrogen-bond acceptors (Lipinski definition) is 3. The third-order valence-electron chi connectivity index (χ3n) is 2.73. The second-order valence-corrected chi connectivity index (χ2v) is 4.49. The number of fused-ring (bicyclic) bond motifs is 1. The van der Waals surface area contributed by atoms with E-state index in [-0.39, 0.29) is 16.9 Å². The van der Waals surface area contributed by atoms with Crippen LogP contribution in [0.25, 0.3) is 0 Å². The smallest absolute Gasteiger partial charge is 0.251 e. The number of ether oxygens (including phenoxy) is 1. The van der Waals surface area contributed by atoms with Crippen LogP contribution in [-0.4, -0.2) is 23.5 Å². The van der Waals surface area contributed by atoms with E-state index in [0.29, 0.717) is 12.2 Å². The van der Waals surface area contributed by atoms with Crippen molar-refractivity contribution in [3.8, 4) is 5.75 Å². The van der Waals surface area contributed by atoms with E-state index < -0.39 is 0 Å². The predicted octanol–water partition coefficient (Wildman–Crippen LogP) is 1.03. The fourth-order valence-corrected chi connectivity index (χ4v) is 1.74. The molecule has 4 nitrogen and oxygen atoms in total. The highest BCUT2D eigenvalue weighted by Gasteiger charge is 2.16. The summed E-state index contributed by atoms with van der Waals surface area (Å²) in [5, 5.41) is 2.74. The van der Waals surface area contributed by atoms with Crippen LogP contribution in [0.1, 0.15) is 22.8 Å². The summed E-state index contributed by atoms with van der Waals surface area (Å²) in [6.45, 7) is 2.44. The Bertz CT molecular complexity index is 474. The molecule has 1 amide bonds. The Kier molecular flexibility index (Phi) is 3.28. The van der Waals surface area contributed by atoms with Gasteiger partial charge in [0, 0.05) is 12.0 Å². The first-order valence-electron chi connectivity index (χ1n) is 5.44. The number of carbonyl (C=O) groups excluding carboxylic acids is 1. The highest BCUT2D eigenvalue weighted by molar-refractivity contribution is 7.80. The summed E-state index contributed by atoms with van der Waals surface area (Å²) in [6.07, 6.45) is 0.849. The number of nitrogens with two attached hydrogens (primary N) is 1. The molecule has 90 valence electrons. The van der Waals surface area contributed by atoms with Gasteiger partial charge in [-0.3, -0.25) is 4.79 Å². The first kappa shape index (κ1) is 11.9. The topological polar surface area (TPSA) is 64.3 Å². The molecule has 1 aromatic carbocycles. The Morgan fingerprint density at radius 1 is 1.59 bits per heavy atom. The van der Waals surface area contributed by atoms with Gasteiger partial charge in [-0.05, 0) is 30.7 Å². The van der Waals surface area contributed by atoms with Gasteiger partial charge in [0.15, 0.2) is 0 Å². The van der Waals surface area contributed by atoms with Crippen LogP contribution in [-0.2, 0) is 6.42 Å². The number of hydrogen-bond donors (Lipinski definition) is 2. The molecule has 17 heavy (non-hydrogen) atoms. The van der Waals surface area contributed by atoms with Gasteiger partial charge in [-0.15, -0.1) is 0 Å². The lowest BCUT2D eigenvalue weighted by atomic mass is 10.1. The van der Waals surface area contributed by atoms with Gasteiger partial charge in [0.2, 0.25) is 0 Å². The summed E-state index contributed by atoms with van der Waals surface area (Å²) >= 11 is 4.81. The Balaban J connectivity index is 2.12. The standard InChI is InChI=1S/C12H14N2O2S/c1-7(11(13)17)14-12(15)9-2-3-10-8(6-9)4-5-16-10/h2-3,6-7H,4-5H2,1H3,(H2,13,17)(H,14,15). The number of thiocarbonyl (C=S) groups is 1. The van der Waals surface area contributed by atoms with E-state index >= 15 is 0 Å². The largest absolute Gasteiger partial charge is 0.493 e. The Morgan fingerprint density at radius 3 is 3.06 bits per heavy atom. The number of rotatable bonds is 3. The third-order valence-corrected chi connectivity index (χ3v) is 3.08. The molecule has 0 fully saturated rings. The zero-order valence-corrected chi connectivity index (χ0v) is 10.3. The maximum atomic E-state index is 11.9. The summed E-state index contributed by atoms with van der Waals surface area (Å²) < 4.78 is 5.38. The molecule has 2 rings (SSSR count). The van der Waals surface area contributed by atoms with E-state index in [1.807, 2.05) is 12.1 Å². The maximum absolute atomic E-state index is 11.9. The Hall–Kier alpha value is -1.62. The van der Waals surface area contributed by atoms with Crippen molar-refractivity contribution in [2.45, 2.75) is 19.4 Å². The number of benzene rings is 1. The van der Waals surface area contributed by atoms with Crippen LogP contribution in [0.4, 0.5) is 0 Å². The molecule has 1 heterocycles. The van der Waals surface area contributed by atoms with Gasteiger partial charge in [-0.1, -0.05) is 12.2 Å². The molecular formula is C12H14N2O2S. The molecule has 0 radical (unpaired) electrons. The molecule has 1 aliphatic heterocycles. The first-order chi connectivity index (χ1) is 8.08. The summed E-state index contributed by atoms with van der Waals surface area (Å²) in [5.74, 6) is 0.698. The molecule has 0 saturated carbocycles. The molecule has 1 aliphatic rings. The van der Waals surface area contributed by atoms with Crippen molar-refractivity contribution in [1.29, 1.82) is 0 Å². The van der Waals surface area contributed by atoms with Crippen molar-refractivity contribution < 1.29 is 9.53 Å². The van der Waals surface area contributed by atoms with Crippen molar-refractivity contribution in [1.82, 2.24) is 5.32 Å². The van der Waals surface area contributed by atoms with Crippen LogP contribution in [0.15, 0.2) is 18.2 Å². The quantitative estimate of drug-likeness (QED) is 0.786. The van der Waals surface area contributed by atoms with Crippen LogP contribution in [0.3, 0.4) is 0 Å². The summed E-state index contributed by atoms with van der Waals surface area (Å²) in [6, 6.07) is 5.11. The van der Waals surface area contributed by atoms with Gasteiger partial charge >= 0.3 is 0 Å². The summed E-state index contributed by atoms with van der Waals surface area (Å²) in [4.78, 5) is 12.2. The van der Waals surface area contributed by atoms with E-state index in [1.54, 1.807) is 13.0 Å². The molecule has 0 aliphatic carbocycles. The van der Waals surface area contributed by atoms with Crippen molar-refractivity contribution in [2.75, 3.05) is 6.61 Å². The molecule has 0 aromatic heterocycles. The normalized spacial score (nSPS) is 14.6. The monoisotopic (exact) mass is 250 g/mol. The molecule has 1 atom stereocenters. The van der Waals surface area contributed by atoms with Crippen molar-refractivity contribution in [3.05, 3.63) is 29.3 Å². The highest BCUT2D eigenvalue weighted by Crippen LogP contribution is 2.25. The van der Waals surface area contributed by atoms with Crippen molar-refractivity contribution in [2.24, 2.45) is 5.73 Å². The zero-order valence-electron chi connectivity index (χ0n) is 9.53. The minimum Gasteiger partial charge on any atom is -0.493 e. The Morgan fingerprint density at radius 2 is 2.35 bits per heavy atom. The first-order valence-corrected chi connectivity index (χ1v) is 5.84. The highest BCUT2D eigenvalue weighted by atomic mass is 32.1. The van der Waals surface area contributed by atoms with E-state index in [4.69, 9.17) is 22.7 Å². The lowest BCUT2D eigenvalue weighted by Crippen LogP contribution is -2.41. The molecular weight excluding hydrogens is 236 g/mol. The average molecular weight is 250 g/mol. The van der Waals surface area contributed by atoms with Crippen LogP contribution < -0.4 is 15.8 Å². The molecule has 1 aromatic rings. The van der Waals surface area contributed by atoms with Gasteiger partial charge in [-0.2, -0.15) is 0 Å². The van der Waals surface area contributed by atoms with Crippen LogP contribution in [0, 0.1) is 0 Å². The van der Waals surface area contributed by atoms with Crippen molar-refractivity contribution in [3.63, 3.8) is 0 Å². The second-order valence-electron chi connectivity index (χ2n) is 4.02. The van der Waals surface area contributed by atoms with Crippen LogP contribution in [0.2, 0.25) is 0 Å². The van der Waals surface area contributed by atoms with Crippen LogP contribution >= 0.6 is 12.2 Å². The minimum atomic E-state index is -0.304. The minimum absolute atomic E-state index is 0.167. The lowest BCUT2D eigenvalue weighted by Gasteiger charge is -2.12. The SMILES string of the molecule is CC(NC(=O)c1ccc2c(c1)CCO2)C(N)=S. The van der Waals surface area contributed by atoms with Crippen LogP contribution in [0.5, 0.6) is 5.75 Å². The number of amides is 1. The van der Waals surface area contributed by atoms with E-state index in [9.17, 15) is 4.79 Å². The average Bonchev–Trinajstić information content (AvgIpc) is 2.75. The van der Waals surface area contributed by atoms with Gasteiger partial charge in [-0.25, -0.2) is 0 Å². The third kappa shape index (κ3) is 2.55.